The van der Waals surface area contributed by atoms with Crippen LogP contribution in [-0.2, 0) is 11.3 Å². The van der Waals surface area contributed by atoms with Crippen LogP contribution in [0.2, 0.25) is 0 Å². The standard InChI is InChI=1S/C14H21NO2S/c1-15(7-5-9-17-2)11-14-10-13(12-18-14)6-3-4-8-16/h10,12,16H,4-5,7-9,11H2,1-2H3. The molecule has 4 heteroatoms. The van der Waals surface area contributed by atoms with E-state index in [4.69, 9.17) is 9.84 Å². The number of thiophene rings is 1. The van der Waals surface area contributed by atoms with Crippen LogP contribution in [0.1, 0.15) is 23.3 Å². The lowest BCUT2D eigenvalue weighted by molar-refractivity contribution is 0.178. The number of ether oxygens (including phenoxy) is 1. The average molecular weight is 267 g/mol. The van der Waals surface area contributed by atoms with Crippen molar-refractivity contribution in [1.82, 2.24) is 4.90 Å². The van der Waals surface area contributed by atoms with E-state index < -0.39 is 0 Å². The van der Waals surface area contributed by atoms with Crippen LogP contribution < -0.4 is 0 Å². The predicted octanol–water partition coefficient (Wildman–Crippen LogP) is 1.95. The quantitative estimate of drug-likeness (QED) is 0.605. The third kappa shape index (κ3) is 6.18. The molecule has 0 amide bonds. The van der Waals surface area contributed by atoms with E-state index >= 15 is 0 Å². The Hall–Kier alpha value is -0.860. The second kappa shape index (κ2) is 9.12. The Kier molecular flexibility index (Phi) is 7.70. The molecule has 18 heavy (non-hydrogen) atoms. The predicted molar refractivity (Wildman–Crippen MR) is 75.7 cm³/mol. The van der Waals surface area contributed by atoms with Gasteiger partial charge in [0.25, 0.3) is 0 Å². The van der Waals surface area contributed by atoms with Crippen LogP contribution in [0.15, 0.2) is 11.4 Å². The molecule has 1 aromatic rings. The van der Waals surface area contributed by atoms with Gasteiger partial charge in [-0.25, -0.2) is 0 Å². The van der Waals surface area contributed by atoms with Crippen LogP contribution in [0.4, 0.5) is 0 Å². The van der Waals surface area contributed by atoms with Gasteiger partial charge in [0.15, 0.2) is 0 Å². The normalized spacial score (nSPS) is 10.4. The molecule has 0 atom stereocenters. The molecule has 0 fully saturated rings. The second-order valence-corrected chi connectivity index (χ2v) is 5.16. The Labute approximate surface area is 113 Å². The topological polar surface area (TPSA) is 32.7 Å². The summed E-state index contributed by atoms with van der Waals surface area (Å²) in [4.78, 5) is 3.61. The number of methoxy groups -OCH3 is 1. The van der Waals surface area contributed by atoms with Crippen LogP contribution in [0.25, 0.3) is 0 Å². The van der Waals surface area contributed by atoms with Gasteiger partial charge >= 0.3 is 0 Å². The summed E-state index contributed by atoms with van der Waals surface area (Å²) in [7, 11) is 3.85. The summed E-state index contributed by atoms with van der Waals surface area (Å²) in [6.07, 6.45) is 1.60. The molecule has 0 aliphatic heterocycles. The highest BCUT2D eigenvalue weighted by atomic mass is 32.1. The first-order valence-electron chi connectivity index (χ1n) is 6.11. The lowest BCUT2D eigenvalue weighted by Crippen LogP contribution is -2.19. The van der Waals surface area contributed by atoms with Gasteiger partial charge in [0.1, 0.15) is 0 Å². The Morgan fingerprint density at radius 3 is 3.06 bits per heavy atom. The number of rotatable bonds is 7. The molecular weight excluding hydrogens is 246 g/mol. The van der Waals surface area contributed by atoms with Crippen molar-refractivity contribution in [3.05, 3.63) is 21.9 Å². The summed E-state index contributed by atoms with van der Waals surface area (Å²) in [6, 6.07) is 2.13. The summed E-state index contributed by atoms with van der Waals surface area (Å²) < 4.78 is 5.04. The molecule has 1 N–H and O–H groups in total. The fraction of sp³-hybridized carbons (Fsp3) is 0.571. The summed E-state index contributed by atoms with van der Waals surface area (Å²) in [5.74, 6) is 5.99. The van der Waals surface area contributed by atoms with Crippen LogP contribution in [0.5, 0.6) is 0 Å². The van der Waals surface area contributed by atoms with E-state index in [2.05, 4.69) is 35.2 Å². The lowest BCUT2D eigenvalue weighted by Gasteiger charge is -2.14. The van der Waals surface area contributed by atoms with Crippen LogP contribution in [0.3, 0.4) is 0 Å². The SMILES string of the molecule is COCCCN(C)Cc1cc(C#CCCO)cs1. The molecule has 0 radical (unpaired) electrons. The zero-order valence-electron chi connectivity index (χ0n) is 11.1. The minimum Gasteiger partial charge on any atom is -0.395 e. The molecule has 1 heterocycles. The van der Waals surface area contributed by atoms with Crippen LogP contribution >= 0.6 is 11.3 Å². The average Bonchev–Trinajstić information content (AvgIpc) is 2.77. The third-order valence-corrected chi connectivity index (χ3v) is 3.36. The molecule has 100 valence electrons. The van der Waals surface area contributed by atoms with Crippen LogP contribution in [-0.4, -0.2) is 43.9 Å². The summed E-state index contributed by atoms with van der Waals surface area (Å²) >= 11 is 1.74. The highest BCUT2D eigenvalue weighted by molar-refractivity contribution is 7.10. The number of hydrogen-bond acceptors (Lipinski definition) is 4. The van der Waals surface area contributed by atoms with Gasteiger partial charge < -0.3 is 14.7 Å². The zero-order chi connectivity index (χ0) is 13.2. The molecular formula is C14H21NO2S. The number of aliphatic hydroxyl groups is 1. The molecule has 0 unspecified atom stereocenters. The fourth-order valence-corrected chi connectivity index (χ4v) is 2.47. The Bertz CT molecular complexity index is 392. The summed E-state index contributed by atoms with van der Waals surface area (Å²) in [5, 5.41) is 10.7. The molecule has 0 saturated heterocycles. The largest absolute Gasteiger partial charge is 0.395 e. The van der Waals surface area contributed by atoms with Crippen molar-refractivity contribution in [2.24, 2.45) is 0 Å². The van der Waals surface area contributed by atoms with Crippen molar-refractivity contribution < 1.29 is 9.84 Å². The van der Waals surface area contributed by atoms with E-state index in [9.17, 15) is 0 Å². The highest BCUT2D eigenvalue weighted by Gasteiger charge is 2.02. The van der Waals surface area contributed by atoms with E-state index in [-0.39, 0.29) is 6.61 Å². The van der Waals surface area contributed by atoms with Gasteiger partial charge in [-0.05, 0) is 19.5 Å². The van der Waals surface area contributed by atoms with Gasteiger partial charge in [0.2, 0.25) is 0 Å². The van der Waals surface area contributed by atoms with Crippen molar-refractivity contribution in [2.45, 2.75) is 19.4 Å². The van der Waals surface area contributed by atoms with Gasteiger partial charge in [-0.1, -0.05) is 11.8 Å². The van der Waals surface area contributed by atoms with Crippen molar-refractivity contribution in [3.8, 4) is 11.8 Å². The Morgan fingerprint density at radius 2 is 2.33 bits per heavy atom. The monoisotopic (exact) mass is 267 g/mol. The zero-order valence-corrected chi connectivity index (χ0v) is 11.9. The fourth-order valence-electron chi connectivity index (χ4n) is 1.57. The molecule has 0 bridgehead atoms. The first-order chi connectivity index (χ1) is 8.76. The highest BCUT2D eigenvalue weighted by Crippen LogP contribution is 2.15. The molecule has 0 aliphatic rings. The molecule has 1 aromatic heterocycles. The molecule has 0 saturated carbocycles. The van der Waals surface area contributed by atoms with Crippen molar-refractivity contribution in [2.75, 3.05) is 33.9 Å². The van der Waals surface area contributed by atoms with Gasteiger partial charge in [-0.3, -0.25) is 0 Å². The lowest BCUT2D eigenvalue weighted by atomic mass is 10.3. The molecule has 0 spiro atoms. The van der Waals surface area contributed by atoms with Crippen LogP contribution in [0, 0.1) is 11.8 Å². The van der Waals surface area contributed by atoms with Crippen molar-refractivity contribution in [3.63, 3.8) is 0 Å². The first-order valence-corrected chi connectivity index (χ1v) is 6.99. The van der Waals surface area contributed by atoms with E-state index in [1.807, 2.05) is 0 Å². The first kappa shape index (κ1) is 15.2. The summed E-state index contributed by atoms with van der Waals surface area (Å²) in [5.41, 5.74) is 1.05. The maximum Gasteiger partial charge on any atom is 0.0540 e. The minimum atomic E-state index is 0.131. The van der Waals surface area contributed by atoms with Gasteiger partial charge in [-0.2, -0.15) is 0 Å². The van der Waals surface area contributed by atoms with Gasteiger partial charge in [0.05, 0.1) is 6.61 Å². The number of aliphatic hydroxyl groups excluding tert-OH is 1. The van der Waals surface area contributed by atoms with E-state index in [0.717, 1.165) is 31.7 Å². The molecule has 0 aromatic carbocycles. The molecule has 3 nitrogen and oxygen atoms in total. The van der Waals surface area contributed by atoms with Crippen molar-refractivity contribution >= 4 is 11.3 Å². The van der Waals surface area contributed by atoms with Gasteiger partial charge in [0, 0.05) is 49.0 Å². The molecule has 1 rings (SSSR count). The Balaban J connectivity index is 2.37. The van der Waals surface area contributed by atoms with Gasteiger partial charge in [-0.15, -0.1) is 11.3 Å². The van der Waals surface area contributed by atoms with Crippen molar-refractivity contribution in [1.29, 1.82) is 0 Å². The van der Waals surface area contributed by atoms with E-state index in [1.54, 1.807) is 18.4 Å². The third-order valence-electron chi connectivity index (χ3n) is 2.44. The molecule has 0 aliphatic carbocycles. The second-order valence-electron chi connectivity index (χ2n) is 4.16. The Morgan fingerprint density at radius 1 is 1.50 bits per heavy atom. The van der Waals surface area contributed by atoms with E-state index in [0.29, 0.717) is 6.42 Å². The number of nitrogens with zero attached hydrogens (tertiary/aromatic N) is 1. The maximum absolute atomic E-state index is 8.65. The smallest absolute Gasteiger partial charge is 0.0540 e. The van der Waals surface area contributed by atoms with E-state index in [1.165, 1.54) is 4.88 Å². The summed E-state index contributed by atoms with van der Waals surface area (Å²) in [6.45, 7) is 2.94. The number of hydrogen-bond donors (Lipinski definition) is 1. The minimum absolute atomic E-state index is 0.131. The maximum atomic E-state index is 8.65.